The highest BCUT2D eigenvalue weighted by Crippen LogP contribution is 2.25. The molecule has 1 aliphatic rings. The quantitative estimate of drug-likeness (QED) is 0.575. The van der Waals surface area contributed by atoms with E-state index in [1.807, 2.05) is 13.0 Å². The van der Waals surface area contributed by atoms with Crippen LogP contribution in [-0.4, -0.2) is 39.6 Å². The molecule has 2 N–H and O–H groups in total. The summed E-state index contributed by atoms with van der Waals surface area (Å²) in [6.45, 7) is 3.96. The number of rotatable bonds is 6. The Kier molecular flexibility index (Phi) is 6.77. The predicted octanol–water partition coefficient (Wildman–Crippen LogP) is 1.11. The molecule has 3 rings (SSSR count). The zero-order chi connectivity index (χ0) is 18.0. The average molecular weight is 376 g/mol. The van der Waals surface area contributed by atoms with Gasteiger partial charge < -0.3 is 19.5 Å². The minimum absolute atomic E-state index is 0. The molecule has 2 heterocycles. The van der Waals surface area contributed by atoms with Crippen molar-refractivity contribution < 1.29 is 24.3 Å². The van der Waals surface area contributed by atoms with Crippen molar-refractivity contribution in [3.05, 3.63) is 41.3 Å². The van der Waals surface area contributed by atoms with Crippen molar-refractivity contribution in [1.82, 2.24) is 9.97 Å². The molecule has 0 spiro atoms. The standard InChI is InChI=1S/C17H19BN2O5.H2S/c1-10(8-21)5-14(22)13-6-20-16(7-19-13)25-15-4-3-12-9-24-18(23)17(12)11(15)2;/h3-4,6-7,10,21,23H,5,8-9H2,1-2H3;1H2/t10-;/m1./s1. The molecule has 0 saturated carbocycles. The summed E-state index contributed by atoms with van der Waals surface area (Å²) in [5.41, 5.74) is 2.67. The van der Waals surface area contributed by atoms with Gasteiger partial charge in [-0.25, -0.2) is 9.97 Å². The molecule has 9 heteroatoms. The van der Waals surface area contributed by atoms with Gasteiger partial charge >= 0.3 is 7.12 Å². The van der Waals surface area contributed by atoms with E-state index < -0.39 is 7.12 Å². The molecule has 0 unspecified atom stereocenters. The number of aliphatic hydroxyl groups is 1. The number of hydrogen-bond donors (Lipinski definition) is 2. The number of fused-ring (bicyclic) bond motifs is 1. The number of hydrogen-bond acceptors (Lipinski definition) is 7. The van der Waals surface area contributed by atoms with Gasteiger partial charge in [-0.2, -0.15) is 13.5 Å². The number of benzene rings is 1. The SMILES string of the molecule is Cc1c(Oc2cnc(C(=O)C[C@@H](C)CO)cn2)ccc2c1B(O)OC2.S. The molecular formula is C17H21BN2O5S. The van der Waals surface area contributed by atoms with Crippen LogP contribution in [-0.2, 0) is 11.3 Å². The Morgan fingerprint density at radius 3 is 2.81 bits per heavy atom. The predicted molar refractivity (Wildman–Crippen MR) is 101 cm³/mol. The third-order valence-corrected chi connectivity index (χ3v) is 4.17. The topological polar surface area (TPSA) is 102 Å². The molecule has 0 radical (unpaired) electrons. The van der Waals surface area contributed by atoms with E-state index in [4.69, 9.17) is 14.5 Å². The molecule has 0 saturated heterocycles. The van der Waals surface area contributed by atoms with Crippen molar-refractivity contribution in [1.29, 1.82) is 0 Å². The van der Waals surface area contributed by atoms with Crippen molar-refractivity contribution >= 4 is 31.9 Å². The molecule has 0 fully saturated rings. The lowest BCUT2D eigenvalue weighted by molar-refractivity contribution is 0.0938. The Morgan fingerprint density at radius 1 is 1.38 bits per heavy atom. The minimum atomic E-state index is -0.946. The van der Waals surface area contributed by atoms with Gasteiger partial charge in [-0.3, -0.25) is 4.79 Å². The lowest BCUT2D eigenvalue weighted by Crippen LogP contribution is -2.30. The Labute approximate surface area is 159 Å². The van der Waals surface area contributed by atoms with Crippen LogP contribution in [0.4, 0.5) is 0 Å². The fraction of sp³-hybridized carbons (Fsp3) is 0.353. The van der Waals surface area contributed by atoms with Crippen LogP contribution in [0.3, 0.4) is 0 Å². The van der Waals surface area contributed by atoms with Crippen molar-refractivity contribution in [2.24, 2.45) is 5.92 Å². The fourth-order valence-corrected chi connectivity index (χ4v) is 2.71. The van der Waals surface area contributed by atoms with Gasteiger partial charge in [0.15, 0.2) is 5.78 Å². The van der Waals surface area contributed by atoms with Gasteiger partial charge in [0.2, 0.25) is 5.88 Å². The van der Waals surface area contributed by atoms with Crippen LogP contribution < -0.4 is 10.2 Å². The summed E-state index contributed by atoms with van der Waals surface area (Å²) in [5.74, 6) is 0.510. The van der Waals surface area contributed by atoms with E-state index in [0.717, 1.165) is 16.6 Å². The molecule has 7 nitrogen and oxygen atoms in total. The van der Waals surface area contributed by atoms with E-state index >= 15 is 0 Å². The van der Waals surface area contributed by atoms with E-state index in [-0.39, 0.29) is 49.8 Å². The average Bonchev–Trinajstić information content (AvgIpc) is 2.99. The number of ketones is 1. The van der Waals surface area contributed by atoms with E-state index in [1.165, 1.54) is 12.4 Å². The van der Waals surface area contributed by atoms with Crippen LogP contribution in [0.1, 0.15) is 35.0 Å². The largest absolute Gasteiger partial charge is 0.492 e. The third kappa shape index (κ3) is 4.24. The highest BCUT2D eigenvalue weighted by Gasteiger charge is 2.30. The highest BCUT2D eigenvalue weighted by atomic mass is 32.1. The Morgan fingerprint density at radius 2 is 2.15 bits per heavy atom. The number of Topliss-reactive ketones (excluding diaryl/α,β-unsaturated/α-hetero) is 1. The van der Waals surface area contributed by atoms with Crippen LogP contribution in [0.15, 0.2) is 24.5 Å². The molecule has 2 aromatic rings. The molecule has 1 atom stereocenters. The fourth-order valence-electron chi connectivity index (χ4n) is 2.71. The molecule has 1 aromatic carbocycles. The van der Waals surface area contributed by atoms with Gasteiger partial charge in [0, 0.05) is 13.0 Å². The smallest absolute Gasteiger partial charge is 0.437 e. The van der Waals surface area contributed by atoms with E-state index in [1.54, 1.807) is 13.0 Å². The van der Waals surface area contributed by atoms with Crippen LogP contribution in [0.2, 0.25) is 0 Å². The van der Waals surface area contributed by atoms with E-state index in [9.17, 15) is 9.82 Å². The second-order valence-electron chi connectivity index (χ2n) is 6.18. The number of aliphatic hydroxyl groups excluding tert-OH is 1. The van der Waals surface area contributed by atoms with Gasteiger partial charge in [0.1, 0.15) is 11.4 Å². The maximum absolute atomic E-state index is 12.0. The van der Waals surface area contributed by atoms with Crippen molar-refractivity contribution in [2.45, 2.75) is 26.9 Å². The number of carbonyl (C=O) groups is 1. The van der Waals surface area contributed by atoms with Gasteiger partial charge in [-0.15, -0.1) is 0 Å². The van der Waals surface area contributed by atoms with Crippen molar-refractivity contribution in [3.8, 4) is 11.6 Å². The maximum Gasteiger partial charge on any atom is 0.492 e. The van der Waals surface area contributed by atoms with E-state index in [0.29, 0.717) is 12.4 Å². The second-order valence-corrected chi connectivity index (χ2v) is 6.18. The van der Waals surface area contributed by atoms with Gasteiger partial charge in [0.25, 0.3) is 0 Å². The summed E-state index contributed by atoms with van der Waals surface area (Å²) in [7, 11) is -0.946. The molecule has 1 aliphatic heterocycles. The summed E-state index contributed by atoms with van der Waals surface area (Å²) < 4.78 is 10.9. The third-order valence-electron chi connectivity index (χ3n) is 4.17. The molecule has 1 aromatic heterocycles. The van der Waals surface area contributed by atoms with Crippen molar-refractivity contribution in [3.63, 3.8) is 0 Å². The van der Waals surface area contributed by atoms with Crippen LogP contribution in [0, 0.1) is 12.8 Å². The number of aromatic nitrogens is 2. The molecular weight excluding hydrogens is 355 g/mol. The maximum atomic E-state index is 12.0. The Hall–Kier alpha value is -1.94. The van der Waals surface area contributed by atoms with Crippen molar-refractivity contribution in [2.75, 3.05) is 6.61 Å². The summed E-state index contributed by atoms with van der Waals surface area (Å²) in [6.07, 6.45) is 2.96. The normalized spacial score (nSPS) is 13.8. The number of carbonyl (C=O) groups excluding carboxylic acids is 1. The highest BCUT2D eigenvalue weighted by molar-refractivity contribution is 7.59. The molecule has 26 heavy (non-hydrogen) atoms. The summed E-state index contributed by atoms with van der Waals surface area (Å²) in [5, 5.41) is 18.9. The van der Waals surface area contributed by atoms with Gasteiger partial charge in [-0.05, 0) is 35.5 Å². The lowest BCUT2D eigenvalue weighted by atomic mass is 9.76. The van der Waals surface area contributed by atoms with Gasteiger partial charge in [0.05, 0.1) is 19.0 Å². The number of nitrogens with zero attached hydrogens (tertiary/aromatic N) is 2. The minimum Gasteiger partial charge on any atom is -0.437 e. The summed E-state index contributed by atoms with van der Waals surface area (Å²) >= 11 is 0. The molecule has 0 amide bonds. The summed E-state index contributed by atoms with van der Waals surface area (Å²) in [6, 6.07) is 3.63. The summed E-state index contributed by atoms with van der Waals surface area (Å²) in [4.78, 5) is 20.2. The van der Waals surface area contributed by atoms with Gasteiger partial charge in [-0.1, -0.05) is 13.0 Å². The first-order chi connectivity index (χ1) is 12.0. The first kappa shape index (κ1) is 20.4. The zero-order valence-electron chi connectivity index (χ0n) is 14.6. The van der Waals surface area contributed by atoms with Crippen LogP contribution in [0.25, 0.3) is 0 Å². The first-order valence-corrected chi connectivity index (χ1v) is 8.05. The molecule has 0 bridgehead atoms. The van der Waals surface area contributed by atoms with E-state index in [2.05, 4.69) is 9.97 Å². The Balaban J connectivity index is 0.00000243. The Bertz CT molecular complexity index is 787. The molecule has 138 valence electrons. The zero-order valence-corrected chi connectivity index (χ0v) is 15.6. The second kappa shape index (κ2) is 8.63. The number of ether oxygens (including phenoxy) is 1. The monoisotopic (exact) mass is 376 g/mol. The molecule has 0 aliphatic carbocycles. The lowest BCUT2D eigenvalue weighted by Gasteiger charge is -2.11. The van der Waals surface area contributed by atoms with Crippen LogP contribution in [0.5, 0.6) is 11.6 Å². The first-order valence-electron chi connectivity index (χ1n) is 8.05. The van der Waals surface area contributed by atoms with Crippen LogP contribution >= 0.6 is 13.5 Å².